The van der Waals surface area contributed by atoms with Gasteiger partial charge >= 0.3 is 0 Å². The first-order chi connectivity index (χ1) is 13.6. The average Bonchev–Trinajstić information content (AvgIpc) is 3.37. The molecule has 0 radical (unpaired) electrons. The van der Waals surface area contributed by atoms with E-state index in [0.717, 1.165) is 54.5 Å². The average molecular weight is 403 g/mol. The number of aryl methyl sites for hydroxylation is 2. The number of hydrogen-bond donors (Lipinski definition) is 1. The van der Waals surface area contributed by atoms with Crippen molar-refractivity contribution < 1.29 is 9.53 Å². The van der Waals surface area contributed by atoms with Crippen LogP contribution in [-0.2, 0) is 16.0 Å². The van der Waals surface area contributed by atoms with Crippen LogP contribution >= 0.6 is 11.3 Å². The number of ether oxygens (including phenoxy) is 1. The zero-order chi connectivity index (χ0) is 19.5. The van der Waals surface area contributed by atoms with Gasteiger partial charge in [0.2, 0.25) is 11.0 Å². The minimum atomic E-state index is 0.0122. The number of nitrogens with zero attached hydrogens (tertiary/aromatic N) is 5. The predicted octanol–water partition coefficient (Wildman–Crippen LogP) is 3.03. The molecule has 2 aliphatic rings. The number of likely N-dealkylation sites (tertiary alicyclic amines) is 1. The summed E-state index contributed by atoms with van der Waals surface area (Å²) in [6, 6.07) is 1.96. The van der Waals surface area contributed by atoms with E-state index in [9.17, 15) is 4.79 Å². The molecule has 4 heterocycles. The first-order valence-electron chi connectivity index (χ1n) is 9.97. The molecule has 0 unspecified atom stereocenters. The lowest BCUT2D eigenvalue weighted by molar-refractivity contribution is -0.139. The lowest BCUT2D eigenvalue weighted by atomic mass is 9.98. The van der Waals surface area contributed by atoms with Crippen molar-refractivity contribution in [3.63, 3.8) is 0 Å². The second-order valence-electron chi connectivity index (χ2n) is 7.28. The molecular weight excluding hydrogens is 376 g/mol. The molecule has 4 rings (SSSR count). The Morgan fingerprint density at radius 2 is 2.11 bits per heavy atom. The molecule has 0 bridgehead atoms. The molecule has 28 heavy (non-hydrogen) atoms. The molecule has 8 nitrogen and oxygen atoms in total. The van der Waals surface area contributed by atoms with Gasteiger partial charge < -0.3 is 15.0 Å². The number of amides is 1. The van der Waals surface area contributed by atoms with E-state index in [2.05, 4.69) is 32.4 Å². The van der Waals surface area contributed by atoms with Crippen LogP contribution < -0.4 is 5.32 Å². The maximum Gasteiger partial charge on any atom is 0.226 e. The van der Waals surface area contributed by atoms with Crippen molar-refractivity contribution in [2.24, 2.45) is 5.92 Å². The number of hydrogen-bond acceptors (Lipinski definition) is 8. The van der Waals surface area contributed by atoms with Gasteiger partial charge in [0, 0.05) is 31.7 Å². The molecule has 0 aromatic carbocycles. The summed E-state index contributed by atoms with van der Waals surface area (Å²) in [7, 11) is 0. The molecule has 1 atom stereocenters. The monoisotopic (exact) mass is 402 g/mol. The highest BCUT2D eigenvalue weighted by molar-refractivity contribution is 7.15. The number of carbonyl (C=O) groups is 1. The molecule has 2 fully saturated rings. The predicted molar refractivity (Wildman–Crippen MR) is 107 cm³/mol. The van der Waals surface area contributed by atoms with E-state index in [1.807, 2.05) is 17.9 Å². The van der Waals surface area contributed by atoms with Crippen LogP contribution in [0.1, 0.15) is 55.2 Å². The van der Waals surface area contributed by atoms with Gasteiger partial charge in [0.25, 0.3) is 0 Å². The van der Waals surface area contributed by atoms with Crippen LogP contribution in [0.4, 0.5) is 10.9 Å². The van der Waals surface area contributed by atoms with Crippen molar-refractivity contribution >= 4 is 28.2 Å². The van der Waals surface area contributed by atoms with Crippen LogP contribution in [0, 0.1) is 12.8 Å². The van der Waals surface area contributed by atoms with Crippen molar-refractivity contribution in [3.8, 4) is 0 Å². The van der Waals surface area contributed by atoms with E-state index in [4.69, 9.17) is 4.74 Å². The Bertz CT molecular complexity index is 836. The number of aromatic nitrogens is 4. The summed E-state index contributed by atoms with van der Waals surface area (Å²) in [6.07, 6.45) is 4.42. The number of anilines is 2. The number of nitrogens with one attached hydrogen (secondary N) is 1. The summed E-state index contributed by atoms with van der Waals surface area (Å²) in [5.74, 6) is 1.70. The van der Waals surface area contributed by atoms with Gasteiger partial charge in [-0.15, -0.1) is 10.2 Å². The molecule has 1 amide bonds. The quantitative estimate of drug-likeness (QED) is 0.821. The standard InChI is InChI=1S/C19H26N6O2S/c1-3-17-23-24-19(28-17)22-16-11-14(20-12(2)21-16)15-5-4-8-25(15)18(26)13-6-9-27-10-7-13/h11,13,15H,3-10H2,1-2H3,(H,20,21,22,24)/t15-/m0/s1. The highest BCUT2D eigenvalue weighted by atomic mass is 32.1. The Morgan fingerprint density at radius 3 is 2.86 bits per heavy atom. The van der Waals surface area contributed by atoms with E-state index in [0.29, 0.717) is 24.9 Å². The molecular formula is C19H26N6O2S. The van der Waals surface area contributed by atoms with E-state index in [1.165, 1.54) is 11.3 Å². The van der Waals surface area contributed by atoms with Crippen LogP contribution in [0.2, 0.25) is 0 Å². The van der Waals surface area contributed by atoms with E-state index < -0.39 is 0 Å². The Hall–Kier alpha value is -2.13. The van der Waals surface area contributed by atoms with Gasteiger partial charge in [-0.05, 0) is 39.0 Å². The zero-order valence-electron chi connectivity index (χ0n) is 16.3. The molecule has 2 aliphatic heterocycles. The van der Waals surface area contributed by atoms with Gasteiger partial charge in [-0.3, -0.25) is 4.79 Å². The lowest BCUT2D eigenvalue weighted by Gasteiger charge is -2.30. The Balaban J connectivity index is 1.53. The Morgan fingerprint density at radius 1 is 1.29 bits per heavy atom. The molecule has 1 N–H and O–H groups in total. The Kier molecular flexibility index (Phi) is 5.82. The van der Waals surface area contributed by atoms with Crippen LogP contribution in [0.25, 0.3) is 0 Å². The van der Waals surface area contributed by atoms with E-state index in [-0.39, 0.29) is 17.9 Å². The molecule has 9 heteroatoms. The maximum absolute atomic E-state index is 13.1. The van der Waals surface area contributed by atoms with Crippen molar-refractivity contribution in [2.45, 2.75) is 52.0 Å². The van der Waals surface area contributed by atoms with E-state index in [1.54, 1.807) is 0 Å². The molecule has 150 valence electrons. The van der Waals surface area contributed by atoms with Gasteiger partial charge in [-0.25, -0.2) is 9.97 Å². The third-order valence-corrected chi connectivity index (χ3v) is 6.29. The second-order valence-corrected chi connectivity index (χ2v) is 8.34. The van der Waals surface area contributed by atoms with Gasteiger partial charge in [0.15, 0.2) is 0 Å². The van der Waals surface area contributed by atoms with Gasteiger partial charge in [0.05, 0.1) is 11.7 Å². The summed E-state index contributed by atoms with van der Waals surface area (Å²) in [5, 5.41) is 13.3. The number of rotatable bonds is 5. The molecule has 0 spiro atoms. The molecule has 2 aromatic heterocycles. The van der Waals surface area contributed by atoms with Crippen LogP contribution in [0.3, 0.4) is 0 Å². The second kappa shape index (κ2) is 8.48. The van der Waals surface area contributed by atoms with Crippen molar-refractivity contribution in [1.82, 2.24) is 25.1 Å². The fourth-order valence-corrected chi connectivity index (χ4v) is 4.59. The molecule has 2 aromatic rings. The van der Waals surface area contributed by atoms with Gasteiger partial charge in [-0.2, -0.15) is 0 Å². The first-order valence-corrected chi connectivity index (χ1v) is 10.8. The zero-order valence-corrected chi connectivity index (χ0v) is 17.2. The minimum absolute atomic E-state index is 0.0122. The first kappa shape index (κ1) is 19.2. The summed E-state index contributed by atoms with van der Waals surface area (Å²) in [4.78, 5) is 24.2. The van der Waals surface area contributed by atoms with Crippen LogP contribution in [0.15, 0.2) is 6.07 Å². The summed E-state index contributed by atoms with van der Waals surface area (Å²) in [5.41, 5.74) is 0.896. The normalized spacial score (nSPS) is 20.5. The summed E-state index contributed by atoms with van der Waals surface area (Å²) in [6.45, 7) is 6.09. The van der Waals surface area contributed by atoms with E-state index >= 15 is 0 Å². The topological polar surface area (TPSA) is 93.1 Å². The number of carbonyl (C=O) groups excluding carboxylic acids is 1. The SMILES string of the molecule is CCc1nnc(Nc2cc([C@@H]3CCCN3C(=O)C3CCOCC3)nc(C)n2)s1. The molecule has 0 aliphatic carbocycles. The fraction of sp³-hybridized carbons (Fsp3) is 0.632. The summed E-state index contributed by atoms with van der Waals surface area (Å²) >= 11 is 1.53. The lowest BCUT2D eigenvalue weighted by Crippen LogP contribution is -2.38. The molecule has 2 saturated heterocycles. The fourth-order valence-electron chi connectivity index (χ4n) is 3.90. The highest BCUT2D eigenvalue weighted by Gasteiger charge is 2.35. The van der Waals surface area contributed by atoms with Gasteiger partial charge in [0.1, 0.15) is 16.6 Å². The third kappa shape index (κ3) is 4.15. The minimum Gasteiger partial charge on any atom is -0.381 e. The van der Waals surface area contributed by atoms with Gasteiger partial charge in [-0.1, -0.05) is 18.3 Å². The van der Waals surface area contributed by atoms with Crippen molar-refractivity contribution in [2.75, 3.05) is 25.1 Å². The summed E-state index contributed by atoms with van der Waals surface area (Å²) < 4.78 is 5.41. The van der Waals surface area contributed by atoms with Crippen molar-refractivity contribution in [3.05, 3.63) is 22.6 Å². The van der Waals surface area contributed by atoms with Crippen LogP contribution in [-0.4, -0.2) is 50.7 Å². The van der Waals surface area contributed by atoms with Crippen molar-refractivity contribution in [1.29, 1.82) is 0 Å². The molecule has 0 saturated carbocycles. The Labute approximate surface area is 168 Å². The largest absolute Gasteiger partial charge is 0.381 e. The highest BCUT2D eigenvalue weighted by Crippen LogP contribution is 2.34. The maximum atomic E-state index is 13.1. The third-order valence-electron chi connectivity index (χ3n) is 5.31. The van der Waals surface area contributed by atoms with Crippen LogP contribution in [0.5, 0.6) is 0 Å². The smallest absolute Gasteiger partial charge is 0.226 e.